The molecular formula is C13H18N2O2. The fraction of sp³-hybridized carbons (Fsp3) is 0.462. The van der Waals surface area contributed by atoms with Crippen LogP contribution in [0.5, 0.6) is 5.75 Å². The molecule has 4 heteroatoms. The van der Waals surface area contributed by atoms with Crippen molar-refractivity contribution in [3.63, 3.8) is 0 Å². The summed E-state index contributed by atoms with van der Waals surface area (Å²) in [6.07, 6.45) is 2.16. The average Bonchev–Trinajstić information content (AvgIpc) is 2.74. The van der Waals surface area contributed by atoms with E-state index in [0.29, 0.717) is 23.0 Å². The molecule has 1 aliphatic rings. The van der Waals surface area contributed by atoms with E-state index in [1.165, 1.54) is 0 Å². The van der Waals surface area contributed by atoms with Crippen LogP contribution >= 0.6 is 0 Å². The fourth-order valence-electron chi connectivity index (χ4n) is 2.27. The Morgan fingerprint density at radius 1 is 1.53 bits per heavy atom. The summed E-state index contributed by atoms with van der Waals surface area (Å²) in [5.41, 5.74) is 6.95. The molecule has 0 aliphatic carbocycles. The second kappa shape index (κ2) is 4.65. The first kappa shape index (κ1) is 11.8. The molecule has 1 amide bonds. The smallest absolute Gasteiger partial charge is 0.254 e. The number of amides is 1. The summed E-state index contributed by atoms with van der Waals surface area (Å²) in [4.78, 5) is 14.1. The molecule has 1 aromatic carbocycles. The predicted octanol–water partition coefficient (Wildman–Crippen LogP) is 1.90. The van der Waals surface area contributed by atoms with Crippen molar-refractivity contribution in [3.05, 3.63) is 23.8 Å². The quantitative estimate of drug-likeness (QED) is 0.795. The molecule has 0 bridgehead atoms. The maximum atomic E-state index is 12.2. The zero-order chi connectivity index (χ0) is 12.4. The van der Waals surface area contributed by atoms with Gasteiger partial charge in [0.2, 0.25) is 0 Å². The highest BCUT2D eigenvalue weighted by atomic mass is 16.5. The molecular weight excluding hydrogens is 216 g/mol. The average molecular weight is 234 g/mol. The second-order valence-corrected chi connectivity index (χ2v) is 4.45. The summed E-state index contributed by atoms with van der Waals surface area (Å²) in [6.45, 7) is 2.92. The van der Waals surface area contributed by atoms with Gasteiger partial charge >= 0.3 is 0 Å². The van der Waals surface area contributed by atoms with Crippen LogP contribution in [0.2, 0.25) is 0 Å². The van der Waals surface area contributed by atoms with E-state index in [-0.39, 0.29) is 5.91 Å². The number of rotatable bonds is 2. The van der Waals surface area contributed by atoms with Crippen LogP contribution in [0.15, 0.2) is 18.2 Å². The van der Waals surface area contributed by atoms with E-state index < -0.39 is 0 Å². The van der Waals surface area contributed by atoms with Crippen LogP contribution in [0.3, 0.4) is 0 Å². The number of carbonyl (C=O) groups excluding carboxylic acids is 1. The zero-order valence-corrected chi connectivity index (χ0v) is 10.3. The van der Waals surface area contributed by atoms with Gasteiger partial charge in [-0.25, -0.2) is 0 Å². The van der Waals surface area contributed by atoms with Gasteiger partial charge < -0.3 is 15.4 Å². The van der Waals surface area contributed by atoms with E-state index in [9.17, 15) is 4.79 Å². The lowest BCUT2D eigenvalue weighted by molar-refractivity contribution is 0.0747. The lowest BCUT2D eigenvalue weighted by Crippen LogP contribution is -2.33. The lowest BCUT2D eigenvalue weighted by atomic mass is 10.1. The van der Waals surface area contributed by atoms with Crippen molar-refractivity contribution < 1.29 is 9.53 Å². The van der Waals surface area contributed by atoms with Crippen LogP contribution < -0.4 is 10.5 Å². The second-order valence-electron chi connectivity index (χ2n) is 4.45. The van der Waals surface area contributed by atoms with E-state index in [1.54, 1.807) is 25.3 Å². The molecule has 0 saturated carbocycles. The molecule has 1 aliphatic heterocycles. The van der Waals surface area contributed by atoms with Crippen LogP contribution in [-0.4, -0.2) is 30.5 Å². The first-order valence-corrected chi connectivity index (χ1v) is 5.88. The number of likely N-dealkylation sites (tertiary alicyclic amines) is 1. The molecule has 1 unspecified atom stereocenters. The summed E-state index contributed by atoms with van der Waals surface area (Å²) in [5, 5.41) is 0. The maximum Gasteiger partial charge on any atom is 0.254 e. The molecule has 0 radical (unpaired) electrons. The summed E-state index contributed by atoms with van der Waals surface area (Å²) >= 11 is 0. The van der Waals surface area contributed by atoms with E-state index >= 15 is 0 Å². The number of carbonyl (C=O) groups is 1. The van der Waals surface area contributed by atoms with Gasteiger partial charge in [0.05, 0.1) is 12.8 Å². The van der Waals surface area contributed by atoms with Crippen LogP contribution in [0, 0.1) is 0 Å². The Morgan fingerprint density at radius 2 is 2.29 bits per heavy atom. The molecule has 17 heavy (non-hydrogen) atoms. The zero-order valence-electron chi connectivity index (χ0n) is 10.3. The topological polar surface area (TPSA) is 55.6 Å². The molecule has 0 aromatic heterocycles. The minimum Gasteiger partial charge on any atom is -0.495 e. The number of benzene rings is 1. The number of hydrogen-bond acceptors (Lipinski definition) is 3. The largest absolute Gasteiger partial charge is 0.495 e. The van der Waals surface area contributed by atoms with Crippen molar-refractivity contribution in [1.29, 1.82) is 0 Å². The number of nitrogens with zero attached hydrogens (tertiary/aromatic N) is 1. The summed E-state index contributed by atoms with van der Waals surface area (Å²) in [5.74, 6) is 0.667. The monoisotopic (exact) mass is 234 g/mol. The molecule has 2 N–H and O–H groups in total. The van der Waals surface area contributed by atoms with Gasteiger partial charge in [-0.15, -0.1) is 0 Å². The van der Waals surface area contributed by atoms with Crippen molar-refractivity contribution in [2.24, 2.45) is 0 Å². The highest BCUT2D eigenvalue weighted by molar-refractivity contribution is 5.95. The van der Waals surface area contributed by atoms with Crippen molar-refractivity contribution in [1.82, 2.24) is 4.90 Å². The molecule has 92 valence electrons. The Morgan fingerprint density at radius 3 is 2.82 bits per heavy atom. The van der Waals surface area contributed by atoms with Gasteiger partial charge in [-0.05, 0) is 38.0 Å². The first-order valence-electron chi connectivity index (χ1n) is 5.88. The van der Waals surface area contributed by atoms with Crippen LogP contribution in [0.25, 0.3) is 0 Å². The summed E-state index contributed by atoms with van der Waals surface area (Å²) < 4.78 is 5.08. The Labute approximate surface area is 101 Å². The van der Waals surface area contributed by atoms with E-state index in [1.807, 2.05) is 4.90 Å². The highest BCUT2D eigenvalue weighted by Gasteiger charge is 2.26. The highest BCUT2D eigenvalue weighted by Crippen LogP contribution is 2.25. The summed E-state index contributed by atoms with van der Waals surface area (Å²) in [6, 6.07) is 5.52. The number of methoxy groups -OCH3 is 1. The molecule has 1 aromatic rings. The SMILES string of the molecule is COc1ccc(C(=O)N2CCCC2C)cc1N. The Hall–Kier alpha value is -1.71. The van der Waals surface area contributed by atoms with Gasteiger partial charge in [-0.3, -0.25) is 4.79 Å². The molecule has 1 saturated heterocycles. The van der Waals surface area contributed by atoms with Crippen molar-refractivity contribution in [3.8, 4) is 5.75 Å². The molecule has 0 spiro atoms. The van der Waals surface area contributed by atoms with Gasteiger partial charge in [0.1, 0.15) is 5.75 Å². The maximum absolute atomic E-state index is 12.2. The van der Waals surface area contributed by atoms with Gasteiger partial charge in [-0.2, -0.15) is 0 Å². The number of hydrogen-bond donors (Lipinski definition) is 1. The first-order chi connectivity index (χ1) is 8.13. The normalized spacial score (nSPS) is 19.4. The molecule has 1 atom stereocenters. The number of ether oxygens (including phenoxy) is 1. The van der Waals surface area contributed by atoms with E-state index in [2.05, 4.69) is 6.92 Å². The molecule has 2 rings (SSSR count). The minimum atomic E-state index is 0.0596. The van der Waals surface area contributed by atoms with Crippen LogP contribution in [0.1, 0.15) is 30.1 Å². The number of nitrogen functional groups attached to an aromatic ring is 1. The van der Waals surface area contributed by atoms with Gasteiger partial charge in [-0.1, -0.05) is 0 Å². The standard InChI is InChI=1S/C13H18N2O2/c1-9-4-3-7-15(9)13(16)10-5-6-12(17-2)11(14)8-10/h5-6,8-9H,3-4,7,14H2,1-2H3. The summed E-state index contributed by atoms with van der Waals surface area (Å²) in [7, 11) is 1.57. The number of anilines is 1. The Kier molecular flexibility index (Phi) is 3.22. The fourth-order valence-corrected chi connectivity index (χ4v) is 2.27. The van der Waals surface area contributed by atoms with E-state index in [0.717, 1.165) is 19.4 Å². The molecule has 1 heterocycles. The number of nitrogens with two attached hydrogens (primary N) is 1. The van der Waals surface area contributed by atoms with Crippen molar-refractivity contribution >= 4 is 11.6 Å². The van der Waals surface area contributed by atoms with Crippen LogP contribution in [-0.2, 0) is 0 Å². The van der Waals surface area contributed by atoms with Gasteiger partial charge in [0.15, 0.2) is 0 Å². The van der Waals surface area contributed by atoms with Crippen molar-refractivity contribution in [2.45, 2.75) is 25.8 Å². The Balaban J connectivity index is 2.22. The van der Waals surface area contributed by atoms with Crippen molar-refractivity contribution in [2.75, 3.05) is 19.4 Å². The van der Waals surface area contributed by atoms with Crippen LogP contribution in [0.4, 0.5) is 5.69 Å². The third-order valence-electron chi connectivity index (χ3n) is 3.29. The third kappa shape index (κ3) is 2.20. The lowest BCUT2D eigenvalue weighted by Gasteiger charge is -2.21. The van der Waals surface area contributed by atoms with E-state index in [4.69, 9.17) is 10.5 Å². The van der Waals surface area contributed by atoms with Gasteiger partial charge in [0, 0.05) is 18.2 Å². The predicted molar refractivity (Wildman–Crippen MR) is 67.1 cm³/mol. The molecule has 1 fully saturated rings. The van der Waals surface area contributed by atoms with Gasteiger partial charge in [0.25, 0.3) is 5.91 Å². The minimum absolute atomic E-state index is 0.0596. The third-order valence-corrected chi connectivity index (χ3v) is 3.29. The Bertz CT molecular complexity index is 431. The molecule has 4 nitrogen and oxygen atoms in total.